The predicted molar refractivity (Wildman–Crippen MR) is 78.5 cm³/mol. The van der Waals surface area contributed by atoms with Crippen molar-refractivity contribution in [3.8, 4) is 0 Å². The van der Waals surface area contributed by atoms with Gasteiger partial charge in [0.05, 0.1) is 12.4 Å². The first kappa shape index (κ1) is 16.2. The summed E-state index contributed by atoms with van der Waals surface area (Å²) in [5, 5.41) is 9.66. The van der Waals surface area contributed by atoms with E-state index in [1.54, 1.807) is 6.92 Å². The first-order chi connectivity index (χ1) is 8.97. The summed E-state index contributed by atoms with van der Waals surface area (Å²) < 4.78 is 28.1. The Morgan fingerprint density at radius 1 is 1.37 bits per heavy atom. The van der Waals surface area contributed by atoms with Crippen LogP contribution in [0.1, 0.15) is 26.7 Å². The molecule has 0 saturated heterocycles. The Bertz CT molecular complexity index is 499. The summed E-state index contributed by atoms with van der Waals surface area (Å²) in [5.74, 6) is 0.0462. The molecule has 1 aromatic heterocycles. The van der Waals surface area contributed by atoms with Crippen LogP contribution < -0.4 is 10.6 Å². The van der Waals surface area contributed by atoms with E-state index in [-0.39, 0.29) is 23.1 Å². The van der Waals surface area contributed by atoms with E-state index in [0.717, 1.165) is 24.4 Å². The second kappa shape index (κ2) is 7.06. The fourth-order valence-corrected chi connectivity index (χ4v) is 4.07. The van der Waals surface area contributed by atoms with Gasteiger partial charge in [-0.2, -0.15) is 4.37 Å². The first-order valence-electron chi connectivity index (χ1n) is 6.31. The largest absolute Gasteiger partial charge is 0.395 e. The molecule has 0 radical (unpaired) electrons. The number of rotatable bonds is 8. The van der Waals surface area contributed by atoms with Crippen LogP contribution in [0, 0.1) is 0 Å². The van der Waals surface area contributed by atoms with Crippen molar-refractivity contribution in [1.29, 1.82) is 0 Å². The molecule has 0 spiro atoms. The molecule has 0 amide bonds. The Balaban J connectivity index is 3.17. The van der Waals surface area contributed by atoms with Crippen LogP contribution in [0.3, 0.4) is 0 Å². The van der Waals surface area contributed by atoms with Crippen LogP contribution in [0.15, 0.2) is 4.90 Å². The highest BCUT2D eigenvalue weighted by Gasteiger charge is 2.26. The fourth-order valence-electron chi connectivity index (χ4n) is 1.71. The summed E-state index contributed by atoms with van der Waals surface area (Å²) in [6, 6.07) is 0. The molecule has 0 aliphatic heterocycles. The molecule has 1 aromatic rings. The number of aromatic nitrogens is 1. The third-order valence-corrected chi connectivity index (χ3v) is 5.62. The molecule has 0 aliphatic carbocycles. The van der Waals surface area contributed by atoms with Crippen molar-refractivity contribution in [2.24, 2.45) is 0 Å². The molecule has 1 heterocycles. The van der Waals surface area contributed by atoms with E-state index >= 15 is 0 Å². The Kier molecular flexibility index (Phi) is 6.02. The summed E-state index contributed by atoms with van der Waals surface area (Å²) >= 11 is 1.08. The van der Waals surface area contributed by atoms with Crippen molar-refractivity contribution in [3.05, 3.63) is 0 Å². The maximum Gasteiger partial charge on any atom is 0.184 e. The monoisotopic (exact) mass is 307 g/mol. The van der Waals surface area contributed by atoms with E-state index in [4.69, 9.17) is 10.8 Å². The second-order valence-electron chi connectivity index (χ2n) is 4.17. The summed E-state index contributed by atoms with van der Waals surface area (Å²) in [5.41, 5.74) is 5.70. The average Bonchev–Trinajstić information content (AvgIpc) is 2.77. The van der Waals surface area contributed by atoms with Gasteiger partial charge in [0.1, 0.15) is 9.90 Å². The maximum absolute atomic E-state index is 12.1. The fraction of sp³-hybridized carbons (Fsp3) is 0.727. The lowest BCUT2D eigenvalue weighted by Crippen LogP contribution is -2.28. The number of sulfone groups is 1. The molecule has 0 bridgehead atoms. The van der Waals surface area contributed by atoms with Crippen LogP contribution in [0.2, 0.25) is 0 Å². The van der Waals surface area contributed by atoms with Gasteiger partial charge in [0, 0.05) is 13.1 Å². The second-order valence-corrected chi connectivity index (χ2v) is 7.14. The molecular weight excluding hydrogens is 286 g/mol. The highest BCUT2D eigenvalue weighted by Crippen LogP contribution is 2.35. The van der Waals surface area contributed by atoms with Crippen LogP contribution in [0.25, 0.3) is 0 Å². The molecular formula is C11H21N3O3S2. The molecule has 6 nitrogen and oxygen atoms in total. The van der Waals surface area contributed by atoms with E-state index in [1.165, 1.54) is 0 Å². The average molecular weight is 307 g/mol. The van der Waals surface area contributed by atoms with Crippen LogP contribution in [0.4, 0.5) is 10.8 Å². The third-order valence-electron chi connectivity index (χ3n) is 2.79. The van der Waals surface area contributed by atoms with Crippen molar-refractivity contribution in [1.82, 2.24) is 4.37 Å². The van der Waals surface area contributed by atoms with Gasteiger partial charge in [-0.3, -0.25) is 0 Å². The molecule has 1 rings (SSSR count). The number of hydrogen-bond donors (Lipinski definition) is 2. The highest BCUT2D eigenvalue weighted by molar-refractivity contribution is 7.91. The Morgan fingerprint density at radius 2 is 2.05 bits per heavy atom. The molecule has 110 valence electrons. The van der Waals surface area contributed by atoms with Gasteiger partial charge in [0.2, 0.25) is 0 Å². The zero-order valence-electron chi connectivity index (χ0n) is 11.3. The SMILES string of the molecule is CCCCN(CCO)c1snc(N)c1S(=O)(=O)CC. The van der Waals surface area contributed by atoms with Gasteiger partial charge < -0.3 is 15.7 Å². The summed E-state index contributed by atoms with van der Waals surface area (Å²) in [7, 11) is -3.40. The lowest BCUT2D eigenvalue weighted by molar-refractivity contribution is 0.301. The van der Waals surface area contributed by atoms with E-state index in [1.807, 2.05) is 4.90 Å². The van der Waals surface area contributed by atoms with Crippen LogP contribution >= 0.6 is 11.5 Å². The number of hydrogen-bond acceptors (Lipinski definition) is 7. The number of nitrogens with two attached hydrogens (primary N) is 1. The molecule has 3 N–H and O–H groups in total. The lowest BCUT2D eigenvalue weighted by atomic mass is 10.3. The highest BCUT2D eigenvalue weighted by atomic mass is 32.2. The molecule has 0 fully saturated rings. The minimum atomic E-state index is -3.40. The van der Waals surface area contributed by atoms with Gasteiger partial charge >= 0.3 is 0 Å². The molecule has 0 saturated carbocycles. The van der Waals surface area contributed by atoms with Crippen LogP contribution in [-0.4, -0.2) is 43.3 Å². The van der Waals surface area contributed by atoms with Crippen molar-refractivity contribution < 1.29 is 13.5 Å². The summed E-state index contributed by atoms with van der Waals surface area (Å²) in [4.78, 5) is 1.96. The number of nitrogens with zero attached hydrogens (tertiary/aromatic N) is 2. The van der Waals surface area contributed by atoms with Gasteiger partial charge in [-0.25, -0.2) is 8.42 Å². The van der Waals surface area contributed by atoms with Gasteiger partial charge in [0.25, 0.3) is 0 Å². The zero-order valence-corrected chi connectivity index (χ0v) is 12.9. The number of anilines is 2. The third kappa shape index (κ3) is 3.80. The minimum Gasteiger partial charge on any atom is -0.395 e. The zero-order chi connectivity index (χ0) is 14.5. The number of nitrogen functional groups attached to an aromatic ring is 1. The molecule has 0 unspecified atom stereocenters. The van der Waals surface area contributed by atoms with Crippen molar-refractivity contribution in [3.63, 3.8) is 0 Å². The van der Waals surface area contributed by atoms with Gasteiger partial charge in [-0.15, -0.1) is 0 Å². The number of aliphatic hydroxyl groups excluding tert-OH is 1. The van der Waals surface area contributed by atoms with E-state index in [2.05, 4.69) is 11.3 Å². The summed E-state index contributed by atoms with van der Waals surface area (Å²) in [6.45, 7) is 4.67. The van der Waals surface area contributed by atoms with E-state index in [9.17, 15) is 8.42 Å². The quantitative estimate of drug-likeness (QED) is 0.747. The van der Waals surface area contributed by atoms with Gasteiger partial charge in [-0.05, 0) is 18.0 Å². The number of unbranched alkanes of at least 4 members (excludes halogenated alkanes) is 1. The lowest BCUT2D eigenvalue weighted by Gasteiger charge is -2.22. The van der Waals surface area contributed by atoms with Gasteiger partial charge in [-0.1, -0.05) is 20.3 Å². The minimum absolute atomic E-state index is 0.0106. The molecule has 19 heavy (non-hydrogen) atoms. The molecule has 0 atom stereocenters. The Labute approximate surface area is 118 Å². The van der Waals surface area contributed by atoms with Crippen molar-refractivity contribution >= 4 is 32.2 Å². The topological polar surface area (TPSA) is 96.5 Å². The molecule has 8 heteroatoms. The van der Waals surface area contributed by atoms with Crippen molar-refractivity contribution in [2.75, 3.05) is 36.1 Å². The number of aliphatic hydroxyl groups is 1. The van der Waals surface area contributed by atoms with Gasteiger partial charge in [0.15, 0.2) is 15.7 Å². The van der Waals surface area contributed by atoms with Crippen molar-refractivity contribution in [2.45, 2.75) is 31.6 Å². The molecule has 0 aromatic carbocycles. The normalized spacial score (nSPS) is 11.7. The molecule has 0 aliphatic rings. The Morgan fingerprint density at radius 3 is 2.58 bits per heavy atom. The smallest absolute Gasteiger partial charge is 0.184 e. The van der Waals surface area contributed by atoms with Crippen LogP contribution in [-0.2, 0) is 9.84 Å². The predicted octanol–water partition coefficient (Wildman–Crippen LogP) is 1.12. The van der Waals surface area contributed by atoms with E-state index in [0.29, 0.717) is 18.1 Å². The standard InChI is InChI=1S/C11H21N3O3S2/c1-3-5-6-14(7-8-15)11-9(10(12)13-18-11)19(16,17)4-2/h15H,3-8H2,1-2H3,(H2,12,13). The summed E-state index contributed by atoms with van der Waals surface area (Å²) in [6.07, 6.45) is 1.91. The van der Waals surface area contributed by atoms with Crippen LogP contribution in [0.5, 0.6) is 0 Å². The first-order valence-corrected chi connectivity index (χ1v) is 8.74. The maximum atomic E-state index is 12.1. The Hall–Kier alpha value is -0.860. The van der Waals surface area contributed by atoms with E-state index < -0.39 is 9.84 Å².